The molecule has 2 saturated heterocycles. The van der Waals surface area contributed by atoms with Gasteiger partial charge in [-0.2, -0.15) is 0 Å². The molecule has 3 fully saturated rings. The van der Waals surface area contributed by atoms with E-state index >= 15 is 0 Å². The highest BCUT2D eigenvalue weighted by molar-refractivity contribution is 6.30. The number of hydrogen-bond acceptors (Lipinski definition) is 6. The summed E-state index contributed by atoms with van der Waals surface area (Å²) in [6.07, 6.45) is 5.04. The largest absolute Gasteiger partial charge is 0.467 e. The van der Waals surface area contributed by atoms with Crippen LogP contribution in [0.2, 0.25) is 5.02 Å². The summed E-state index contributed by atoms with van der Waals surface area (Å²) in [6, 6.07) is 6.02. The highest BCUT2D eigenvalue weighted by Crippen LogP contribution is 2.53. The average molecular weight is 518 g/mol. The molecule has 1 saturated carbocycles. The fourth-order valence-corrected chi connectivity index (χ4v) is 5.21. The third kappa shape index (κ3) is 5.90. The Morgan fingerprint density at radius 1 is 1.17 bits per heavy atom. The first-order valence-corrected chi connectivity index (χ1v) is 12.7. The zero-order valence-corrected chi connectivity index (χ0v) is 21.2. The lowest BCUT2D eigenvalue weighted by molar-refractivity contribution is -0.156. The van der Waals surface area contributed by atoms with E-state index in [0.29, 0.717) is 11.6 Å². The third-order valence-corrected chi connectivity index (χ3v) is 7.78. The quantitative estimate of drug-likeness (QED) is 0.455. The molecule has 194 valence electrons. The number of likely N-dealkylation sites (tertiary alicyclic amines) is 1. The number of nitrogens with zero attached hydrogens (tertiary/aromatic N) is 3. The van der Waals surface area contributed by atoms with Gasteiger partial charge in [0.1, 0.15) is 6.04 Å². The van der Waals surface area contributed by atoms with E-state index < -0.39 is 18.1 Å². The first-order chi connectivity index (χ1) is 17.2. The van der Waals surface area contributed by atoms with E-state index in [1.54, 1.807) is 34.1 Å². The van der Waals surface area contributed by atoms with Crippen LogP contribution in [0.25, 0.3) is 6.08 Å². The lowest BCUT2D eigenvalue weighted by atomic mass is 9.90. The zero-order valence-electron chi connectivity index (χ0n) is 20.4. The maximum Gasteiger partial charge on any atom is 0.329 e. The fourth-order valence-electron chi connectivity index (χ4n) is 5.01. The van der Waals surface area contributed by atoms with Gasteiger partial charge in [-0.3, -0.25) is 14.4 Å². The van der Waals surface area contributed by atoms with E-state index in [9.17, 15) is 24.3 Å². The van der Waals surface area contributed by atoms with Gasteiger partial charge in [-0.25, -0.2) is 4.79 Å². The van der Waals surface area contributed by atoms with Gasteiger partial charge in [-0.1, -0.05) is 23.7 Å². The number of hydrogen-bond donors (Lipinski definition) is 1. The van der Waals surface area contributed by atoms with Crippen LogP contribution < -0.4 is 0 Å². The van der Waals surface area contributed by atoms with Crippen LogP contribution in [0.4, 0.5) is 0 Å². The number of ether oxygens (including phenoxy) is 1. The highest BCUT2D eigenvalue weighted by atomic mass is 35.5. The van der Waals surface area contributed by atoms with Crippen LogP contribution in [0, 0.1) is 5.41 Å². The lowest BCUT2D eigenvalue weighted by Gasteiger charge is -2.37. The number of rotatable bonds is 6. The molecule has 2 aliphatic heterocycles. The summed E-state index contributed by atoms with van der Waals surface area (Å²) >= 11 is 5.99. The summed E-state index contributed by atoms with van der Waals surface area (Å²) < 4.78 is 4.92. The topological polar surface area (TPSA) is 107 Å². The van der Waals surface area contributed by atoms with Crippen LogP contribution >= 0.6 is 11.6 Å². The van der Waals surface area contributed by atoms with Crippen molar-refractivity contribution in [1.29, 1.82) is 0 Å². The highest BCUT2D eigenvalue weighted by Gasteiger charge is 2.52. The van der Waals surface area contributed by atoms with Crippen molar-refractivity contribution in [2.75, 3.05) is 39.8 Å². The molecule has 1 aromatic rings. The molecule has 9 nitrogen and oxygen atoms in total. The van der Waals surface area contributed by atoms with E-state index in [1.165, 1.54) is 18.1 Å². The maximum atomic E-state index is 13.0. The van der Waals surface area contributed by atoms with Crippen molar-refractivity contribution in [2.24, 2.45) is 5.41 Å². The first-order valence-electron chi connectivity index (χ1n) is 12.3. The van der Waals surface area contributed by atoms with Gasteiger partial charge in [-0.15, -0.1) is 0 Å². The predicted octanol–water partition coefficient (Wildman–Crippen LogP) is 1.72. The van der Waals surface area contributed by atoms with Crippen molar-refractivity contribution in [2.45, 2.75) is 44.2 Å². The number of aliphatic hydroxyl groups is 1. The fraction of sp³-hybridized carbons (Fsp3) is 0.538. The molecule has 0 radical (unpaired) electrons. The third-order valence-electron chi connectivity index (χ3n) is 7.55. The molecule has 3 amide bonds. The van der Waals surface area contributed by atoms with Crippen molar-refractivity contribution in [1.82, 2.24) is 14.7 Å². The Balaban J connectivity index is 1.39. The lowest BCUT2D eigenvalue weighted by Crippen LogP contribution is -2.52. The van der Waals surface area contributed by atoms with Gasteiger partial charge < -0.3 is 24.5 Å². The Bertz CT molecular complexity index is 1060. The zero-order chi connectivity index (χ0) is 25.9. The number of halogens is 1. The Hall–Kier alpha value is -2.91. The Kier molecular flexibility index (Phi) is 8.00. The number of β-amino-alcohol motifs (C(OH)–C–C–N with tert-alkyl or cyclic N) is 1. The second-order valence-electron chi connectivity index (χ2n) is 9.76. The molecule has 10 heteroatoms. The first kappa shape index (κ1) is 26.2. The predicted molar refractivity (Wildman–Crippen MR) is 133 cm³/mol. The number of aliphatic hydroxyl groups excluding tert-OH is 1. The van der Waals surface area contributed by atoms with E-state index in [4.69, 9.17) is 16.3 Å². The minimum atomic E-state index is -1.08. The van der Waals surface area contributed by atoms with Crippen LogP contribution in [0.3, 0.4) is 0 Å². The monoisotopic (exact) mass is 517 g/mol. The van der Waals surface area contributed by atoms with Crippen molar-refractivity contribution < 1.29 is 29.0 Å². The van der Waals surface area contributed by atoms with E-state index in [1.807, 2.05) is 6.07 Å². The molecular weight excluding hydrogens is 486 g/mol. The number of esters is 1. The summed E-state index contributed by atoms with van der Waals surface area (Å²) in [5, 5.41) is 11.0. The molecule has 0 bridgehead atoms. The number of methoxy groups -OCH3 is 1. The molecule has 36 heavy (non-hydrogen) atoms. The Morgan fingerprint density at radius 3 is 2.61 bits per heavy atom. The van der Waals surface area contributed by atoms with Crippen LogP contribution in [-0.4, -0.2) is 95.5 Å². The van der Waals surface area contributed by atoms with E-state index in [0.717, 1.165) is 24.8 Å². The van der Waals surface area contributed by atoms with Gasteiger partial charge >= 0.3 is 5.97 Å². The number of benzene rings is 1. The molecule has 0 aromatic heterocycles. The van der Waals surface area contributed by atoms with Crippen molar-refractivity contribution in [3.63, 3.8) is 0 Å². The van der Waals surface area contributed by atoms with Crippen molar-refractivity contribution in [3.05, 3.63) is 40.9 Å². The second-order valence-corrected chi connectivity index (χ2v) is 10.2. The van der Waals surface area contributed by atoms with Gasteiger partial charge in [0.05, 0.1) is 19.6 Å². The molecule has 1 N–H and O–H groups in total. The van der Waals surface area contributed by atoms with Gasteiger partial charge in [0.15, 0.2) is 0 Å². The molecule has 2 heterocycles. The molecule has 1 aliphatic carbocycles. The molecule has 1 unspecified atom stereocenters. The maximum absolute atomic E-state index is 13.0. The number of amides is 3. The van der Waals surface area contributed by atoms with E-state index in [2.05, 4.69) is 0 Å². The normalized spacial score (nSPS) is 22.5. The molecule has 2 atom stereocenters. The second kappa shape index (κ2) is 11.0. The average Bonchev–Trinajstić information content (AvgIpc) is 3.67. The van der Waals surface area contributed by atoms with Crippen LogP contribution in [-0.2, 0) is 23.9 Å². The Morgan fingerprint density at radius 2 is 1.94 bits per heavy atom. The van der Waals surface area contributed by atoms with Crippen molar-refractivity contribution in [3.8, 4) is 0 Å². The molecule has 1 aromatic carbocycles. The summed E-state index contributed by atoms with van der Waals surface area (Å²) in [5.74, 6) is -1.54. The molecule has 4 rings (SSSR count). The summed E-state index contributed by atoms with van der Waals surface area (Å²) in [6.45, 7) is 1.29. The summed E-state index contributed by atoms with van der Waals surface area (Å²) in [5.41, 5.74) is 0.735. The number of piperidine rings is 1. The van der Waals surface area contributed by atoms with Crippen LogP contribution in [0.1, 0.15) is 37.7 Å². The van der Waals surface area contributed by atoms with Gasteiger partial charge in [0, 0.05) is 50.2 Å². The SMILES string of the molecule is COC(=O)C(CC(=O)N1CCC2(CC2)[C@H](O)C1)N1CCN(C(=O)/C=C/c2cccc(Cl)c2)CCC1=O. The molecule has 3 aliphatic rings. The number of carbonyl (C=O) groups excluding carboxylic acids is 4. The van der Waals surface area contributed by atoms with Gasteiger partial charge in [-0.05, 0) is 48.4 Å². The standard InChI is InChI=1S/C26H32ClN3O6/c1-36-25(35)20(16-24(34)29-12-10-26(8-9-26)21(31)17-29)30-14-13-28(11-7-23(30)33)22(32)6-5-18-3-2-4-19(27)15-18/h2-6,15,20-21,31H,7-14,16-17H2,1H3/b6-5+/t20?,21-/m1/s1. The summed E-state index contributed by atoms with van der Waals surface area (Å²) in [4.78, 5) is 55.8. The van der Waals surface area contributed by atoms with E-state index in [-0.39, 0.29) is 62.2 Å². The van der Waals surface area contributed by atoms with Gasteiger partial charge in [0.2, 0.25) is 17.7 Å². The van der Waals surface area contributed by atoms with Crippen LogP contribution in [0.15, 0.2) is 30.3 Å². The smallest absolute Gasteiger partial charge is 0.329 e. The van der Waals surface area contributed by atoms with Crippen LogP contribution in [0.5, 0.6) is 0 Å². The molecule has 1 spiro atoms. The Labute approximate surface area is 215 Å². The molecular formula is C26H32ClN3O6. The van der Waals surface area contributed by atoms with Crippen molar-refractivity contribution >= 4 is 41.4 Å². The minimum Gasteiger partial charge on any atom is -0.467 e. The minimum absolute atomic E-state index is 0.0311. The summed E-state index contributed by atoms with van der Waals surface area (Å²) in [7, 11) is 1.22. The van der Waals surface area contributed by atoms with Gasteiger partial charge in [0.25, 0.3) is 0 Å². The number of carbonyl (C=O) groups is 4.